The molecule has 0 radical (unpaired) electrons. The van der Waals surface area contributed by atoms with Crippen LogP contribution in [-0.4, -0.2) is 0 Å². The van der Waals surface area contributed by atoms with Crippen LogP contribution in [0, 0.1) is 0 Å². The Hall–Kier alpha value is -0.280. The Labute approximate surface area is 164 Å². The summed E-state index contributed by atoms with van der Waals surface area (Å²) < 4.78 is 12.8. The van der Waals surface area contributed by atoms with E-state index < -0.39 is 0 Å². The molecule has 23 heavy (non-hydrogen) atoms. The summed E-state index contributed by atoms with van der Waals surface area (Å²) in [6, 6.07) is 8.82. The molecule has 0 bridgehead atoms. The molecule has 0 aliphatic carbocycles. The van der Waals surface area contributed by atoms with Crippen molar-refractivity contribution in [3.63, 3.8) is 0 Å². The lowest BCUT2D eigenvalue weighted by molar-refractivity contribution is 2.13. The fourth-order valence-corrected chi connectivity index (χ4v) is 10.3. The summed E-state index contributed by atoms with van der Waals surface area (Å²) in [5.41, 5.74) is 0. The minimum absolute atomic E-state index is 1.24. The molecule has 0 unspecified atom stereocenters. The maximum absolute atomic E-state index is 3.51. The molecular formula is C16H7BrS6. The number of halogens is 1. The van der Waals surface area contributed by atoms with Gasteiger partial charge in [-0.15, -0.1) is 68.0 Å². The van der Waals surface area contributed by atoms with Gasteiger partial charge in [0.1, 0.15) is 0 Å². The second kappa shape index (κ2) is 5.91. The first-order chi connectivity index (χ1) is 11.3. The molecule has 0 aliphatic rings. The van der Waals surface area contributed by atoms with Gasteiger partial charge in [0.05, 0.1) is 22.6 Å². The van der Waals surface area contributed by atoms with Crippen molar-refractivity contribution in [2.75, 3.05) is 0 Å². The van der Waals surface area contributed by atoms with Crippen LogP contribution in [0.2, 0.25) is 0 Å². The Morgan fingerprint density at radius 3 is 1.61 bits per heavy atom. The molecule has 0 atom stereocenters. The van der Waals surface area contributed by atoms with Gasteiger partial charge in [-0.3, -0.25) is 0 Å². The maximum atomic E-state index is 3.51. The van der Waals surface area contributed by atoms with E-state index >= 15 is 0 Å². The normalized spacial score (nSPS) is 11.7. The predicted octanol–water partition coefficient (Wildman–Crippen LogP) is 9.12. The van der Waals surface area contributed by atoms with Gasteiger partial charge < -0.3 is 0 Å². The first kappa shape index (κ1) is 15.0. The van der Waals surface area contributed by atoms with Gasteiger partial charge in [-0.05, 0) is 56.3 Å². The predicted molar refractivity (Wildman–Crippen MR) is 118 cm³/mol. The lowest BCUT2D eigenvalue weighted by atomic mass is 10.5. The van der Waals surface area contributed by atoms with E-state index in [-0.39, 0.29) is 0 Å². The van der Waals surface area contributed by atoms with Gasteiger partial charge in [-0.1, -0.05) is 0 Å². The molecule has 0 nitrogen and oxygen atoms in total. The van der Waals surface area contributed by atoms with Crippen molar-refractivity contribution in [1.29, 1.82) is 0 Å². The smallest absolute Gasteiger partial charge is 0.0719 e. The standard InChI is InChI=1S/C8H3BrS3.C8H4S3/c9-6-3-5-8(12-6)7-4(11-5)1-2-10-7;1-3-9-7-5(1)11-6-2-4-10-8(6)7/h1-3H;1-4H. The lowest BCUT2D eigenvalue weighted by Gasteiger charge is -1.74. The fourth-order valence-electron chi connectivity index (χ4n) is 2.45. The minimum Gasteiger partial charge on any atom is -0.141 e. The first-order valence-electron chi connectivity index (χ1n) is 6.68. The summed E-state index contributed by atoms with van der Waals surface area (Å²) in [6.07, 6.45) is 0. The molecule has 0 fully saturated rings. The molecule has 7 heteroatoms. The second-order valence-electron chi connectivity index (χ2n) is 4.79. The van der Waals surface area contributed by atoms with Crippen LogP contribution in [0.15, 0.2) is 44.2 Å². The summed E-state index contributed by atoms with van der Waals surface area (Å²) in [6.45, 7) is 0. The van der Waals surface area contributed by atoms with Crippen LogP contribution in [0.3, 0.4) is 0 Å². The van der Waals surface area contributed by atoms with Gasteiger partial charge in [0, 0.05) is 18.8 Å². The minimum atomic E-state index is 1.24. The lowest BCUT2D eigenvalue weighted by Crippen LogP contribution is -1.39. The summed E-state index contributed by atoms with van der Waals surface area (Å²) in [5, 5.41) is 6.49. The van der Waals surface area contributed by atoms with Gasteiger partial charge in [0.15, 0.2) is 0 Å². The van der Waals surface area contributed by atoms with Crippen molar-refractivity contribution in [1.82, 2.24) is 0 Å². The summed E-state index contributed by atoms with van der Waals surface area (Å²) in [5.74, 6) is 0. The Kier molecular flexibility index (Phi) is 3.86. The average Bonchev–Trinajstić information content (AvgIpc) is 3.24. The molecule has 0 N–H and O–H groups in total. The van der Waals surface area contributed by atoms with Crippen LogP contribution in [0.5, 0.6) is 0 Å². The monoisotopic (exact) mass is 470 g/mol. The molecule has 6 heterocycles. The Morgan fingerprint density at radius 1 is 0.565 bits per heavy atom. The number of rotatable bonds is 0. The third-order valence-corrected chi connectivity index (χ3v) is 10.9. The number of fused-ring (bicyclic) bond motifs is 6. The topological polar surface area (TPSA) is 0 Å². The highest BCUT2D eigenvalue weighted by molar-refractivity contribution is 9.11. The van der Waals surface area contributed by atoms with Crippen molar-refractivity contribution >= 4 is 122 Å². The largest absolute Gasteiger partial charge is 0.141 e. The first-order valence-corrected chi connectivity index (χ1v) is 12.6. The zero-order chi connectivity index (χ0) is 15.4. The summed E-state index contributed by atoms with van der Waals surface area (Å²) >= 11 is 14.6. The molecule has 6 rings (SSSR count). The third-order valence-electron chi connectivity index (χ3n) is 3.41. The van der Waals surface area contributed by atoms with E-state index in [2.05, 4.69) is 56.3 Å². The van der Waals surface area contributed by atoms with Gasteiger partial charge in [-0.25, -0.2) is 0 Å². The average molecular weight is 472 g/mol. The molecule has 0 aliphatic heterocycles. The molecule has 0 amide bonds. The summed E-state index contributed by atoms with van der Waals surface area (Å²) in [4.78, 5) is 0. The fraction of sp³-hybridized carbons (Fsp3) is 0. The maximum Gasteiger partial charge on any atom is 0.0719 e. The molecule has 6 aromatic heterocycles. The SMILES string of the molecule is Brc1cc2sc3ccsc3c2s1.c1cc2sc3ccsc3c2s1. The van der Waals surface area contributed by atoms with E-state index in [1.807, 2.05) is 68.0 Å². The Balaban J connectivity index is 0.000000106. The Bertz CT molecular complexity index is 1190. The van der Waals surface area contributed by atoms with Gasteiger partial charge in [0.25, 0.3) is 0 Å². The van der Waals surface area contributed by atoms with E-state index in [1.54, 1.807) is 0 Å². The molecule has 0 saturated carbocycles. The summed E-state index contributed by atoms with van der Waals surface area (Å²) in [7, 11) is 0. The van der Waals surface area contributed by atoms with Crippen LogP contribution in [-0.2, 0) is 0 Å². The number of hydrogen-bond acceptors (Lipinski definition) is 6. The van der Waals surface area contributed by atoms with E-state index in [9.17, 15) is 0 Å². The van der Waals surface area contributed by atoms with Crippen molar-refractivity contribution in [2.24, 2.45) is 0 Å². The zero-order valence-electron chi connectivity index (χ0n) is 11.4. The molecule has 0 spiro atoms. The van der Waals surface area contributed by atoms with Crippen molar-refractivity contribution < 1.29 is 0 Å². The van der Waals surface area contributed by atoms with Crippen LogP contribution in [0.25, 0.3) is 37.6 Å². The molecule has 0 aromatic carbocycles. The quantitative estimate of drug-likeness (QED) is 0.207. The highest BCUT2D eigenvalue weighted by Gasteiger charge is 2.08. The van der Waals surface area contributed by atoms with Gasteiger partial charge >= 0.3 is 0 Å². The Morgan fingerprint density at radius 2 is 1.04 bits per heavy atom. The van der Waals surface area contributed by atoms with Crippen LogP contribution in [0.1, 0.15) is 0 Å². The number of thiophene rings is 6. The molecule has 0 saturated heterocycles. The van der Waals surface area contributed by atoms with Crippen molar-refractivity contribution in [3.05, 3.63) is 44.2 Å². The van der Waals surface area contributed by atoms with E-state index in [0.717, 1.165) is 0 Å². The van der Waals surface area contributed by atoms with Crippen LogP contribution >= 0.6 is 84.0 Å². The molecular weight excluding hydrogens is 464 g/mol. The van der Waals surface area contributed by atoms with E-state index in [4.69, 9.17) is 0 Å². The van der Waals surface area contributed by atoms with E-state index in [0.29, 0.717) is 0 Å². The van der Waals surface area contributed by atoms with Crippen LogP contribution in [0.4, 0.5) is 0 Å². The zero-order valence-corrected chi connectivity index (χ0v) is 17.9. The molecule has 114 valence electrons. The van der Waals surface area contributed by atoms with Crippen molar-refractivity contribution in [3.8, 4) is 0 Å². The van der Waals surface area contributed by atoms with Gasteiger partial charge in [0.2, 0.25) is 0 Å². The van der Waals surface area contributed by atoms with Crippen LogP contribution < -0.4 is 0 Å². The third kappa shape index (κ3) is 2.54. The number of hydrogen-bond donors (Lipinski definition) is 0. The highest BCUT2D eigenvalue weighted by Crippen LogP contribution is 2.43. The van der Waals surface area contributed by atoms with E-state index in [1.165, 1.54) is 41.4 Å². The molecule has 6 aromatic rings. The highest BCUT2D eigenvalue weighted by atomic mass is 79.9. The second-order valence-corrected chi connectivity index (χ2v) is 12.1. The van der Waals surface area contributed by atoms with Gasteiger partial charge in [-0.2, -0.15) is 0 Å². The van der Waals surface area contributed by atoms with Crippen molar-refractivity contribution in [2.45, 2.75) is 0 Å².